The van der Waals surface area contributed by atoms with Crippen molar-refractivity contribution in [1.82, 2.24) is 10.3 Å². The van der Waals surface area contributed by atoms with Crippen LogP contribution >= 0.6 is 0 Å². The molecule has 4 heteroatoms. The van der Waals surface area contributed by atoms with E-state index in [4.69, 9.17) is 9.72 Å². The van der Waals surface area contributed by atoms with E-state index in [0.29, 0.717) is 12.1 Å². The van der Waals surface area contributed by atoms with Crippen molar-refractivity contribution in [1.29, 1.82) is 0 Å². The lowest BCUT2D eigenvalue weighted by Gasteiger charge is -2.11. The second kappa shape index (κ2) is 8.48. The number of carbonyl (C=O) groups excluding carboxylic acids is 1. The maximum Gasteiger partial charge on any atom is 0.252 e. The summed E-state index contributed by atoms with van der Waals surface area (Å²) in [5, 5.41) is 3.90. The third kappa shape index (κ3) is 4.02. The molecule has 0 aliphatic carbocycles. The molecule has 0 radical (unpaired) electrons. The van der Waals surface area contributed by atoms with E-state index in [1.165, 1.54) is 0 Å². The SMILES string of the molecule is CCCCCNC(=O)c1cc(-c2cccc(OC)c2)nc2ccccc12. The molecule has 2 aromatic carbocycles. The lowest BCUT2D eigenvalue weighted by Crippen LogP contribution is -2.24. The molecule has 1 amide bonds. The van der Waals surface area contributed by atoms with Crippen LogP contribution in [0.15, 0.2) is 54.6 Å². The Kier molecular flexibility index (Phi) is 5.84. The first kappa shape index (κ1) is 17.9. The van der Waals surface area contributed by atoms with Gasteiger partial charge < -0.3 is 10.1 Å². The van der Waals surface area contributed by atoms with Gasteiger partial charge in [0.1, 0.15) is 5.75 Å². The lowest BCUT2D eigenvalue weighted by molar-refractivity contribution is 0.0954. The molecule has 0 aliphatic heterocycles. The molecule has 1 N–H and O–H groups in total. The van der Waals surface area contributed by atoms with Gasteiger partial charge in [-0.2, -0.15) is 0 Å². The number of amides is 1. The highest BCUT2D eigenvalue weighted by Gasteiger charge is 2.13. The van der Waals surface area contributed by atoms with Crippen LogP contribution in [0.3, 0.4) is 0 Å². The van der Waals surface area contributed by atoms with Crippen LogP contribution in [0.25, 0.3) is 22.2 Å². The van der Waals surface area contributed by atoms with Crippen LogP contribution in [0.4, 0.5) is 0 Å². The molecular formula is C22H24N2O2. The maximum atomic E-state index is 12.8. The number of pyridine rings is 1. The zero-order valence-corrected chi connectivity index (χ0v) is 15.3. The Labute approximate surface area is 154 Å². The minimum atomic E-state index is -0.0520. The van der Waals surface area contributed by atoms with Gasteiger partial charge in [0, 0.05) is 17.5 Å². The summed E-state index contributed by atoms with van der Waals surface area (Å²) in [5.41, 5.74) is 3.16. The third-order valence-electron chi connectivity index (χ3n) is 4.39. The minimum Gasteiger partial charge on any atom is -0.497 e. The number of nitrogens with one attached hydrogen (secondary N) is 1. The first-order chi connectivity index (χ1) is 12.7. The number of benzene rings is 2. The van der Waals surface area contributed by atoms with Crippen LogP contribution in [0.2, 0.25) is 0 Å². The Morgan fingerprint density at radius 1 is 1.08 bits per heavy atom. The molecule has 0 fully saturated rings. The fourth-order valence-corrected chi connectivity index (χ4v) is 2.97. The number of fused-ring (bicyclic) bond motifs is 1. The quantitative estimate of drug-likeness (QED) is 0.622. The number of nitrogens with zero attached hydrogens (tertiary/aromatic N) is 1. The Hall–Kier alpha value is -2.88. The van der Waals surface area contributed by atoms with Crippen LogP contribution in [-0.4, -0.2) is 24.5 Å². The largest absolute Gasteiger partial charge is 0.497 e. The normalized spacial score (nSPS) is 10.7. The van der Waals surface area contributed by atoms with Gasteiger partial charge in [-0.25, -0.2) is 4.98 Å². The summed E-state index contributed by atoms with van der Waals surface area (Å²) in [7, 11) is 1.64. The second-order valence-electron chi connectivity index (χ2n) is 6.27. The molecule has 26 heavy (non-hydrogen) atoms. The Balaban J connectivity index is 1.99. The first-order valence-corrected chi connectivity index (χ1v) is 9.05. The zero-order chi connectivity index (χ0) is 18.4. The highest BCUT2D eigenvalue weighted by Crippen LogP contribution is 2.27. The maximum absolute atomic E-state index is 12.8. The van der Waals surface area contributed by atoms with Crippen LogP contribution in [-0.2, 0) is 0 Å². The number of rotatable bonds is 7. The number of aromatic nitrogens is 1. The number of methoxy groups -OCH3 is 1. The van der Waals surface area contributed by atoms with Crippen molar-refractivity contribution in [3.05, 3.63) is 60.2 Å². The van der Waals surface area contributed by atoms with E-state index in [1.807, 2.05) is 54.6 Å². The number of hydrogen-bond acceptors (Lipinski definition) is 3. The minimum absolute atomic E-state index is 0.0520. The van der Waals surface area contributed by atoms with Gasteiger partial charge in [0.05, 0.1) is 23.9 Å². The first-order valence-electron chi connectivity index (χ1n) is 9.05. The van der Waals surface area contributed by atoms with Crippen molar-refractivity contribution < 1.29 is 9.53 Å². The summed E-state index contributed by atoms with van der Waals surface area (Å²) in [6.07, 6.45) is 3.24. The Morgan fingerprint density at radius 2 is 1.92 bits per heavy atom. The lowest BCUT2D eigenvalue weighted by atomic mass is 10.0. The van der Waals surface area contributed by atoms with Gasteiger partial charge in [0.15, 0.2) is 0 Å². The van der Waals surface area contributed by atoms with Gasteiger partial charge in [-0.05, 0) is 30.7 Å². The molecule has 134 valence electrons. The van der Waals surface area contributed by atoms with Crippen LogP contribution in [0, 0.1) is 0 Å². The van der Waals surface area contributed by atoms with E-state index in [2.05, 4.69) is 12.2 Å². The molecule has 3 rings (SSSR count). The number of ether oxygens (including phenoxy) is 1. The summed E-state index contributed by atoms with van der Waals surface area (Å²) in [5.74, 6) is 0.715. The molecular weight excluding hydrogens is 324 g/mol. The predicted octanol–water partition coefficient (Wildman–Crippen LogP) is 4.83. The van der Waals surface area contributed by atoms with Crippen molar-refractivity contribution in [2.24, 2.45) is 0 Å². The van der Waals surface area contributed by atoms with Crippen LogP contribution in [0.5, 0.6) is 5.75 Å². The third-order valence-corrected chi connectivity index (χ3v) is 4.39. The molecule has 0 aliphatic rings. The molecule has 1 heterocycles. The van der Waals surface area contributed by atoms with E-state index in [-0.39, 0.29) is 5.91 Å². The monoisotopic (exact) mass is 348 g/mol. The van der Waals surface area contributed by atoms with Gasteiger partial charge in [0.25, 0.3) is 5.91 Å². The van der Waals surface area contributed by atoms with Gasteiger partial charge in [-0.1, -0.05) is 50.1 Å². The molecule has 0 bridgehead atoms. The molecule has 0 unspecified atom stereocenters. The Bertz CT molecular complexity index is 906. The number of para-hydroxylation sites is 1. The fraction of sp³-hybridized carbons (Fsp3) is 0.273. The number of unbranched alkanes of at least 4 members (excludes halogenated alkanes) is 2. The molecule has 0 atom stereocenters. The molecule has 4 nitrogen and oxygen atoms in total. The summed E-state index contributed by atoms with van der Waals surface area (Å²) >= 11 is 0. The van der Waals surface area contributed by atoms with E-state index in [0.717, 1.165) is 47.2 Å². The Morgan fingerprint density at radius 3 is 2.73 bits per heavy atom. The highest BCUT2D eigenvalue weighted by molar-refractivity contribution is 6.07. The molecule has 0 spiro atoms. The van der Waals surface area contributed by atoms with Crippen molar-refractivity contribution in [3.8, 4) is 17.0 Å². The average Bonchev–Trinajstić information content (AvgIpc) is 2.70. The highest BCUT2D eigenvalue weighted by atomic mass is 16.5. The molecule has 0 saturated heterocycles. The molecule has 0 saturated carbocycles. The summed E-state index contributed by atoms with van der Waals surface area (Å²) in [6.45, 7) is 2.84. The average molecular weight is 348 g/mol. The fourth-order valence-electron chi connectivity index (χ4n) is 2.97. The molecule has 3 aromatic rings. The summed E-state index contributed by atoms with van der Waals surface area (Å²) in [6, 6.07) is 17.3. The topological polar surface area (TPSA) is 51.2 Å². The van der Waals surface area contributed by atoms with Crippen LogP contribution < -0.4 is 10.1 Å². The van der Waals surface area contributed by atoms with Gasteiger partial charge >= 0.3 is 0 Å². The predicted molar refractivity (Wildman–Crippen MR) is 106 cm³/mol. The van der Waals surface area contributed by atoms with E-state index < -0.39 is 0 Å². The van der Waals surface area contributed by atoms with Crippen molar-refractivity contribution >= 4 is 16.8 Å². The second-order valence-corrected chi connectivity index (χ2v) is 6.27. The van der Waals surface area contributed by atoms with Crippen molar-refractivity contribution in [2.45, 2.75) is 26.2 Å². The van der Waals surface area contributed by atoms with Crippen molar-refractivity contribution in [3.63, 3.8) is 0 Å². The standard InChI is InChI=1S/C22H24N2O2/c1-3-4-7-13-23-22(25)19-15-21(16-9-8-10-17(14-16)26-2)24-20-12-6-5-11-18(19)20/h5-6,8-12,14-15H,3-4,7,13H2,1-2H3,(H,23,25). The van der Waals surface area contributed by atoms with E-state index in [1.54, 1.807) is 7.11 Å². The zero-order valence-electron chi connectivity index (χ0n) is 15.3. The van der Waals surface area contributed by atoms with Crippen LogP contribution in [0.1, 0.15) is 36.5 Å². The van der Waals surface area contributed by atoms with Gasteiger partial charge in [0.2, 0.25) is 0 Å². The number of carbonyl (C=O) groups is 1. The van der Waals surface area contributed by atoms with Gasteiger partial charge in [-0.15, -0.1) is 0 Å². The summed E-state index contributed by atoms with van der Waals surface area (Å²) < 4.78 is 5.31. The summed E-state index contributed by atoms with van der Waals surface area (Å²) in [4.78, 5) is 17.5. The van der Waals surface area contributed by atoms with Gasteiger partial charge in [-0.3, -0.25) is 4.79 Å². The number of hydrogen-bond donors (Lipinski definition) is 1. The van der Waals surface area contributed by atoms with Crippen molar-refractivity contribution in [2.75, 3.05) is 13.7 Å². The van der Waals surface area contributed by atoms with E-state index >= 15 is 0 Å². The smallest absolute Gasteiger partial charge is 0.252 e. The van der Waals surface area contributed by atoms with E-state index in [9.17, 15) is 4.79 Å². The molecule has 1 aromatic heterocycles.